The van der Waals surface area contributed by atoms with E-state index in [0.29, 0.717) is 22.0 Å². The third kappa shape index (κ3) is 8.08. The molecule has 3 aromatic rings. The molecule has 0 saturated carbocycles. The number of carbonyl (C=O) groups excluding carboxylic acids is 2. The third-order valence-electron chi connectivity index (χ3n) is 6.64. The highest BCUT2D eigenvalue weighted by atomic mass is 35.5. The van der Waals surface area contributed by atoms with Crippen molar-refractivity contribution < 1.29 is 18.0 Å². The number of halogens is 4. The average Bonchev–Trinajstić information content (AvgIpc) is 2.92. The maximum atomic E-state index is 14.0. The number of amides is 2. The van der Waals surface area contributed by atoms with Crippen molar-refractivity contribution in [1.29, 1.82) is 0 Å². The Kier molecular flexibility index (Phi) is 11.4. The highest BCUT2D eigenvalue weighted by Crippen LogP contribution is 2.32. The molecule has 0 aliphatic rings. The Morgan fingerprint density at radius 3 is 2.05 bits per heavy atom. The van der Waals surface area contributed by atoms with E-state index in [9.17, 15) is 18.0 Å². The van der Waals surface area contributed by atoms with E-state index < -0.39 is 34.4 Å². The molecule has 3 aromatic carbocycles. The van der Waals surface area contributed by atoms with E-state index in [1.54, 1.807) is 37.3 Å². The van der Waals surface area contributed by atoms with E-state index >= 15 is 0 Å². The zero-order valence-corrected chi connectivity index (χ0v) is 26.8. The summed E-state index contributed by atoms with van der Waals surface area (Å²) in [5.74, 6) is -1.06. The minimum atomic E-state index is -4.26. The Morgan fingerprint density at radius 1 is 0.878 bits per heavy atom. The van der Waals surface area contributed by atoms with Gasteiger partial charge in [0.15, 0.2) is 0 Å². The molecule has 2 amide bonds. The second-order valence-corrected chi connectivity index (χ2v) is 13.1. The van der Waals surface area contributed by atoms with Crippen LogP contribution in [0.15, 0.2) is 65.6 Å². The summed E-state index contributed by atoms with van der Waals surface area (Å²) >= 11 is 25.2. The maximum absolute atomic E-state index is 14.0. The Labute approximate surface area is 261 Å². The molecule has 0 bridgehead atoms. The number of nitrogens with one attached hydrogen (secondary N) is 1. The van der Waals surface area contributed by atoms with Gasteiger partial charge < -0.3 is 10.2 Å². The summed E-state index contributed by atoms with van der Waals surface area (Å²) in [6, 6.07) is 14.3. The number of nitrogens with zero attached hydrogens (tertiary/aromatic N) is 2. The first kappa shape index (κ1) is 33.0. The predicted molar refractivity (Wildman–Crippen MR) is 167 cm³/mol. The van der Waals surface area contributed by atoms with E-state index in [2.05, 4.69) is 5.32 Å². The van der Waals surface area contributed by atoms with E-state index in [4.69, 9.17) is 46.4 Å². The topological polar surface area (TPSA) is 86.8 Å². The zero-order chi connectivity index (χ0) is 30.5. The molecular weight excluding hydrogens is 628 g/mol. The molecule has 7 nitrogen and oxygen atoms in total. The minimum Gasteiger partial charge on any atom is -0.352 e. The molecular formula is C29H31Cl4N3O4S. The SMILES string of the molecule is CC[C@H](C)NC(=O)[C@H](C)N(Cc1c(Cl)cccc1Cl)C(=O)CN(c1ccc(Cl)c(Cl)c1)S(=O)(=O)c1ccc(C)cc1. The maximum Gasteiger partial charge on any atom is 0.264 e. The number of rotatable bonds is 11. The molecule has 220 valence electrons. The molecule has 0 unspecified atom stereocenters. The molecule has 0 aliphatic heterocycles. The molecule has 0 radical (unpaired) electrons. The highest BCUT2D eigenvalue weighted by molar-refractivity contribution is 7.92. The lowest BCUT2D eigenvalue weighted by Crippen LogP contribution is -2.52. The highest BCUT2D eigenvalue weighted by Gasteiger charge is 2.33. The summed E-state index contributed by atoms with van der Waals surface area (Å²) < 4.78 is 28.8. The van der Waals surface area contributed by atoms with Crippen molar-refractivity contribution in [3.63, 3.8) is 0 Å². The van der Waals surface area contributed by atoms with Gasteiger partial charge in [0.1, 0.15) is 12.6 Å². The van der Waals surface area contributed by atoms with Gasteiger partial charge in [-0.25, -0.2) is 8.42 Å². The lowest BCUT2D eigenvalue weighted by atomic mass is 10.1. The van der Waals surface area contributed by atoms with E-state index in [-0.39, 0.29) is 33.2 Å². The van der Waals surface area contributed by atoms with Gasteiger partial charge in [0.25, 0.3) is 10.0 Å². The summed E-state index contributed by atoms with van der Waals surface area (Å²) in [4.78, 5) is 28.4. The quantitative estimate of drug-likeness (QED) is 0.237. The largest absolute Gasteiger partial charge is 0.352 e. The first-order valence-corrected chi connectivity index (χ1v) is 15.8. The van der Waals surface area contributed by atoms with Crippen molar-refractivity contribution in [2.24, 2.45) is 0 Å². The fraction of sp³-hybridized carbons (Fsp3) is 0.310. The summed E-state index contributed by atoms with van der Waals surface area (Å²) in [7, 11) is -4.26. The molecule has 3 rings (SSSR count). The van der Waals surface area contributed by atoms with Gasteiger partial charge >= 0.3 is 0 Å². The average molecular weight is 659 g/mol. The first-order chi connectivity index (χ1) is 19.3. The minimum absolute atomic E-state index is 0.0229. The van der Waals surface area contributed by atoms with Crippen molar-refractivity contribution in [2.75, 3.05) is 10.8 Å². The van der Waals surface area contributed by atoms with E-state index in [1.807, 2.05) is 20.8 Å². The Morgan fingerprint density at radius 2 is 1.49 bits per heavy atom. The summed E-state index contributed by atoms with van der Waals surface area (Å²) in [6.07, 6.45) is 0.683. The smallest absolute Gasteiger partial charge is 0.264 e. The van der Waals surface area contributed by atoms with Crippen molar-refractivity contribution in [2.45, 2.75) is 57.6 Å². The van der Waals surface area contributed by atoms with Gasteiger partial charge in [-0.1, -0.05) is 77.1 Å². The number of hydrogen-bond acceptors (Lipinski definition) is 4. The first-order valence-electron chi connectivity index (χ1n) is 12.8. The Balaban J connectivity index is 2.09. The monoisotopic (exact) mass is 657 g/mol. The van der Waals surface area contributed by atoms with E-state index in [1.165, 1.54) is 35.2 Å². The van der Waals surface area contributed by atoms with Crippen molar-refractivity contribution in [3.05, 3.63) is 91.9 Å². The fourth-order valence-corrected chi connectivity index (χ4v) is 6.12. The normalized spacial score (nSPS) is 12.9. The van der Waals surface area contributed by atoms with Crippen LogP contribution in [0.3, 0.4) is 0 Å². The van der Waals surface area contributed by atoms with Crippen LogP contribution >= 0.6 is 46.4 Å². The van der Waals surface area contributed by atoms with Crippen LogP contribution in [0, 0.1) is 6.92 Å². The van der Waals surface area contributed by atoms with Crippen molar-refractivity contribution >= 4 is 73.9 Å². The number of aryl methyl sites for hydroxylation is 1. The molecule has 2 atom stereocenters. The standard InChI is InChI=1S/C29H31Cl4N3O4S/c1-5-19(3)34-29(38)20(4)35(16-23-24(30)7-6-8-25(23)31)28(37)17-36(21-11-14-26(32)27(33)15-21)41(39,40)22-12-9-18(2)10-13-22/h6-15,19-20H,5,16-17H2,1-4H3,(H,34,38)/t19-,20-/m0/s1. The summed E-state index contributed by atoms with van der Waals surface area (Å²) in [6.45, 7) is 6.40. The van der Waals surface area contributed by atoms with E-state index in [0.717, 1.165) is 9.87 Å². The van der Waals surface area contributed by atoms with Crippen molar-refractivity contribution in [3.8, 4) is 0 Å². The molecule has 0 heterocycles. The lowest BCUT2D eigenvalue weighted by molar-refractivity contribution is -0.139. The van der Waals surface area contributed by atoms with Crippen LogP contribution in [0.25, 0.3) is 0 Å². The second-order valence-electron chi connectivity index (χ2n) is 9.64. The molecule has 1 N–H and O–H groups in total. The Hall–Kier alpha value is -2.49. The summed E-state index contributed by atoms with van der Waals surface area (Å²) in [5.41, 5.74) is 1.42. The molecule has 12 heteroatoms. The van der Waals surface area contributed by atoms with Crippen LogP contribution in [-0.4, -0.2) is 43.8 Å². The number of hydrogen-bond donors (Lipinski definition) is 1. The summed E-state index contributed by atoms with van der Waals surface area (Å²) in [5, 5.41) is 3.82. The zero-order valence-electron chi connectivity index (χ0n) is 23.0. The van der Waals surface area contributed by atoms with Crippen LogP contribution < -0.4 is 9.62 Å². The lowest BCUT2D eigenvalue weighted by Gasteiger charge is -2.33. The van der Waals surface area contributed by atoms with Gasteiger partial charge in [0, 0.05) is 28.2 Å². The second kappa shape index (κ2) is 14.1. The number of anilines is 1. The molecule has 0 aliphatic carbocycles. The fourth-order valence-electron chi connectivity index (χ4n) is 3.91. The number of sulfonamides is 1. The number of benzene rings is 3. The van der Waals surface area contributed by atoms with Crippen molar-refractivity contribution in [1.82, 2.24) is 10.2 Å². The number of carbonyl (C=O) groups is 2. The molecule has 0 saturated heterocycles. The van der Waals surface area contributed by atoms with Gasteiger partial charge in [0.05, 0.1) is 20.6 Å². The molecule has 41 heavy (non-hydrogen) atoms. The predicted octanol–water partition coefficient (Wildman–Crippen LogP) is 7.14. The van der Waals surface area contributed by atoms with Crippen LogP contribution in [0.5, 0.6) is 0 Å². The van der Waals surface area contributed by atoms with Gasteiger partial charge in [-0.3, -0.25) is 13.9 Å². The van der Waals surface area contributed by atoms with Gasteiger partial charge in [-0.2, -0.15) is 0 Å². The molecule has 0 spiro atoms. The molecule has 0 fully saturated rings. The van der Waals surface area contributed by atoms with Crippen LogP contribution in [0.4, 0.5) is 5.69 Å². The van der Waals surface area contributed by atoms with Gasteiger partial charge in [0.2, 0.25) is 11.8 Å². The third-order valence-corrected chi connectivity index (χ3v) is 9.87. The van der Waals surface area contributed by atoms with Crippen LogP contribution in [0.1, 0.15) is 38.3 Å². The van der Waals surface area contributed by atoms with Gasteiger partial charge in [-0.15, -0.1) is 0 Å². The van der Waals surface area contributed by atoms with Gasteiger partial charge in [-0.05, 0) is 69.7 Å². The molecule has 0 aromatic heterocycles. The van der Waals surface area contributed by atoms with Crippen LogP contribution in [0.2, 0.25) is 20.1 Å². The Bertz CT molecular complexity index is 1500. The van der Waals surface area contributed by atoms with Crippen LogP contribution in [-0.2, 0) is 26.2 Å².